The lowest BCUT2D eigenvalue weighted by molar-refractivity contribution is -0.104. The smallest absolute Gasteiger partial charge is 0.258 e. The highest BCUT2D eigenvalue weighted by atomic mass is 35.5. The summed E-state index contributed by atoms with van der Waals surface area (Å²) in [7, 11) is 3.99. The highest BCUT2D eigenvalue weighted by molar-refractivity contribution is 6.31. The molecule has 1 fully saturated rings. The van der Waals surface area contributed by atoms with Gasteiger partial charge in [-0.25, -0.2) is 0 Å². The molecule has 0 aliphatic carbocycles. The highest BCUT2D eigenvalue weighted by Crippen LogP contribution is 2.43. The molecular weight excluding hydrogens is 470 g/mol. The predicted octanol–water partition coefficient (Wildman–Crippen LogP) is 6.71. The number of nitrogens with zero attached hydrogens (tertiary/aromatic N) is 2. The number of hydrogen-bond acceptors (Lipinski definition) is 4. The zero-order valence-corrected chi connectivity index (χ0v) is 23.4. The van der Waals surface area contributed by atoms with E-state index in [0.717, 1.165) is 39.9 Å². The average Bonchev–Trinajstić information content (AvgIpc) is 2.88. The second-order valence-electron chi connectivity index (χ2n) is 9.30. The molecule has 5 nitrogen and oxygen atoms in total. The normalized spacial score (nSPS) is 21.4. The van der Waals surface area contributed by atoms with E-state index in [-0.39, 0.29) is 11.1 Å². The van der Waals surface area contributed by atoms with Crippen molar-refractivity contribution in [1.29, 1.82) is 0 Å². The summed E-state index contributed by atoms with van der Waals surface area (Å²) in [5.74, 6) is 0. The number of carbonyl (C=O) groups excluding carboxylic acids is 1. The molecule has 2 heterocycles. The quantitative estimate of drug-likeness (QED) is 0.314. The highest BCUT2D eigenvalue weighted by Gasteiger charge is 2.42. The van der Waals surface area contributed by atoms with Crippen molar-refractivity contribution in [2.24, 2.45) is 7.05 Å². The molecule has 0 saturated carbocycles. The molecular formula is C30H40ClN3O2. The lowest BCUT2D eigenvalue weighted by atomic mass is 9.73. The van der Waals surface area contributed by atoms with E-state index in [1.54, 1.807) is 11.6 Å². The number of nitrogens with one attached hydrogen (secondary N) is 1. The summed E-state index contributed by atoms with van der Waals surface area (Å²) in [5.41, 5.74) is 3.09. The molecule has 1 aliphatic heterocycles. The zero-order valence-electron chi connectivity index (χ0n) is 22.6. The summed E-state index contributed by atoms with van der Waals surface area (Å²) in [6.45, 7) is 13.8. The van der Waals surface area contributed by atoms with Crippen LogP contribution in [0.25, 0.3) is 10.8 Å². The molecule has 194 valence electrons. The minimum absolute atomic E-state index is 0.0225. The van der Waals surface area contributed by atoms with Gasteiger partial charge in [0, 0.05) is 41.4 Å². The van der Waals surface area contributed by atoms with Crippen molar-refractivity contribution in [2.75, 3.05) is 12.4 Å². The van der Waals surface area contributed by atoms with Gasteiger partial charge in [0.1, 0.15) is 6.29 Å². The van der Waals surface area contributed by atoms with Gasteiger partial charge in [-0.05, 0) is 87.5 Å². The number of aldehydes is 1. The van der Waals surface area contributed by atoms with Gasteiger partial charge in [-0.3, -0.25) is 9.59 Å². The Hall–Kier alpha value is -2.89. The fourth-order valence-electron chi connectivity index (χ4n) is 5.02. The number of aryl methyl sites for hydroxylation is 1. The molecule has 0 bridgehead atoms. The Morgan fingerprint density at radius 1 is 1.08 bits per heavy atom. The minimum Gasteiger partial charge on any atom is -0.375 e. The van der Waals surface area contributed by atoms with Crippen LogP contribution in [0.1, 0.15) is 51.7 Å². The van der Waals surface area contributed by atoms with Gasteiger partial charge in [-0.15, -0.1) is 0 Å². The van der Waals surface area contributed by atoms with Crippen LogP contribution in [0.3, 0.4) is 0 Å². The summed E-state index contributed by atoms with van der Waals surface area (Å²) in [6, 6.07) is 15.1. The first-order valence-corrected chi connectivity index (χ1v) is 12.9. The largest absolute Gasteiger partial charge is 0.375 e. The maximum Gasteiger partial charge on any atom is 0.258 e. The Morgan fingerprint density at radius 2 is 1.69 bits per heavy atom. The Bertz CT molecular complexity index is 1230. The third-order valence-corrected chi connectivity index (χ3v) is 7.43. The van der Waals surface area contributed by atoms with Crippen molar-refractivity contribution >= 4 is 34.3 Å². The summed E-state index contributed by atoms with van der Waals surface area (Å²) in [5, 5.41) is 6.35. The molecule has 3 aromatic rings. The number of hydrogen-bond donors (Lipinski definition) is 1. The van der Waals surface area contributed by atoms with E-state index in [9.17, 15) is 4.79 Å². The number of pyridine rings is 1. The second-order valence-corrected chi connectivity index (χ2v) is 9.70. The number of carbonyl (C=O) groups is 1. The van der Waals surface area contributed by atoms with Crippen LogP contribution in [-0.2, 0) is 17.4 Å². The van der Waals surface area contributed by atoms with E-state index >= 15 is 0 Å². The van der Waals surface area contributed by atoms with Crippen LogP contribution >= 0.6 is 11.6 Å². The number of piperidine rings is 1. The molecule has 2 aromatic carbocycles. The molecule has 1 aliphatic rings. The second kappa shape index (κ2) is 12.9. The van der Waals surface area contributed by atoms with Crippen molar-refractivity contribution in [3.63, 3.8) is 0 Å². The minimum atomic E-state index is -0.256. The van der Waals surface area contributed by atoms with E-state index in [4.69, 9.17) is 16.4 Å². The van der Waals surface area contributed by atoms with Gasteiger partial charge in [0.15, 0.2) is 0 Å². The van der Waals surface area contributed by atoms with Gasteiger partial charge in [0.25, 0.3) is 5.56 Å². The van der Waals surface area contributed by atoms with Crippen LogP contribution in [0.2, 0.25) is 5.02 Å². The number of fused-ring (bicyclic) bond motifs is 1. The van der Waals surface area contributed by atoms with Crippen molar-refractivity contribution in [1.82, 2.24) is 9.47 Å². The third kappa shape index (κ3) is 6.26. The Balaban J connectivity index is 0.000000694. The number of aromatic nitrogens is 1. The van der Waals surface area contributed by atoms with E-state index in [1.807, 2.05) is 50.4 Å². The molecule has 0 radical (unpaired) electrons. The topological polar surface area (TPSA) is 54.3 Å². The van der Waals surface area contributed by atoms with Crippen molar-refractivity contribution in [2.45, 2.75) is 65.1 Å². The van der Waals surface area contributed by atoms with Crippen molar-refractivity contribution < 1.29 is 4.79 Å². The SMILES string of the molecule is C=CC=O.CC.Cc1c(Cl)cccc1C1(Nc2ccc3ccn(C)c(=O)c3c2)CC(C)N(C)C(C)C1. The summed E-state index contributed by atoms with van der Waals surface area (Å²) >= 11 is 6.53. The number of anilines is 1. The molecule has 2 atom stereocenters. The van der Waals surface area contributed by atoms with E-state index in [2.05, 4.69) is 56.7 Å². The molecule has 1 aromatic heterocycles. The molecule has 2 unspecified atom stereocenters. The monoisotopic (exact) mass is 509 g/mol. The first-order chi connectivity index (χ1) is 17.1. The number of rotatable bonds is 4. The fourth-order valence-corrected chi connectivity index (χ4v) is 5.19. The van der Waals surface area contributed by atoms with Crippen LogP contribution < -0.4 is 10.9 Å². The number of halogens is 1. The fraction of sp³-hybridized carbons (Fsp3) is 0.400. The van der Waals surface area contributed by atoms with E-state index in [0.29, 0.717) is 18.4 Å². The van der Waals surface area contributed by atoms with E-state index < -0.39 is 0 Å². The average molecular weight is 510 g/mol. The number of likely N-dealkylation sites (tertiary alicyclic amines) is 1. The summed E-state index contributed by atoms with van der Waals surface area (Å²) < 4.78 is 1.63. The predicted molar refractivity (Wildman–Crippen MR) is 154 cm³/mol. The lowest BCUT2D eigenvalue weighted by Gasteiger charge is -2.49. The summed E-state index contributed by atoms with van der Waals surface area (Å²) in [6.07, 6.45) is 5.56. The van der Waals surface area contributed by atoms with Gasteiger partial charge in [-0.2, -0.15) is 0 Å². The third-order valence-electron chi connectivity index (χ3n) is 7.02. The lowest BCUT2D eigenvalue weighted by Crippen LogP contribution is -2.54. The summed E-state index contributed by atoms with van der Waals surface area (Å²) in [4.78, 5) is 24.2. The molecule has 0 amide bonds. The molecule has 4 rings (SSSR count). The van der Waals surface area contributed by atoms with Crippen LogP contribution in [0.15, 0.2) is 66.1 Å². The Morgan fingerprint density at radius 3 is 2.28 bits per heavy atom. The first kappa shape index (κ1) is 29.3. The van der Waals surface area contributed by atoms with E-state index in [1.165, 1.54) is 11.6 Å². The number of benzene rings is 2. The zero-order chi connectivity index (χ0) is 27.0. The van der Waals surface area contributed by atoms with Crippen LogP contribution in [0, 0.1) is 6.92 Å². The van der Waals surface area contributed by atoms with Crippen molar-refractivity contribution in [3.05, 3.63) is 87.8 Å². The van der Waals surface area contributed by atoms with Crippen LogP contribution in [0.5, 0.6) is 0 Å². The first-order valence-electron chi connectivity index (χ1n) is 12.5. The maximum atomic E-state index is 12.7. The molecule has 36 heavy (non-hydrogen) atoms. The number of allylic oxidation sites excluding steroid dienone is 1. The Kier molecular flexibility index (Phi) is 10.5. The molecule has 1 N–H and O–H groups in total. The van der Waals surface area contributed by atoms with Gasteiger partial charge in [0.2, 0.25) is 0 Å². The Labute approximate surface area is 220 Å². The van der Waals surface area contributed by atoms with Gasteiger partial charge < -0.3 is 14.8 Å². The van der Waals surface area contributed by atoms with Crippen molar-refractivity contribution in [3.8, 4) is 0 Å². The molecule has 6 heteroatoms. The van der Waals surface area contributed by atoms with Gasteiger partial charge in [0.05, 0.1) is 5.54 Å². The molecule has 0 spiro atoms. The van der Waals surface area contributed by atoms with Gasteiger partial charge in [-0.1, -0.05) is 50.2 Å². The standard InChI is InChI=1S/C25H30ClN3O.C3H4O.C2H6/c1-16-14-25(15-17(2)29(16)5,22-7-6-8-23(26)18(22)3)27-20-10-9-19-11-12-28(4)24(30)21(19)13-20;1-2-3-4;1-2/h6-13,16-17,27H,14-15H2,1-5H3;2-3H,1H2;1-2H3. The van der Waals surface area contributed by atoms with Crippen LogP contribution in [-0.4, -0.2) is 34.9 Å². The molecule has 1 saturated heterocycles. The van der Waals surface area contributed by atoms with Gasteiger partial charge >= 0.3 is 0 Å². The van der Waals surface area contributed by atoms with Crippen LogP contribution in [0.4, 0.5) is 5.69 Å². The maximum absolute atomic E-state index is 12.7.